The van der Waals surface area contributed by atoms with Gasteiger partial charge in [-0.2, -0.15) is 4.68 Å². The number of aryl methyl sites for hydroxylation is 1. The first kappa shape index (κ1) is 15.3. The van der Waals surface area contributed by atoms with E-state index in [1.54, 1.807) is 18.9 Å². The molecule has 3 rings (SSSR count). The largest absolute Gasteiger partial charge is 0.497 e. The monoisotopic (exact) mass is 317 g/mol. The number of nitrogens with zero attached hydrogens (tertiary/aromatic N) is 3. The summed E-state index contributed by atoms with van der Waals surface area (Å²) in [5, 5.41) is 3.90. The number of hydrogen-bond acceptors (Lipinski definition) is 5. The van der Waals surface area contributed by atoms with Crippen LogP contribution in [0, 0.1) is 6.92 Å². The van der Waals surface area contributed by atoms with Gasteiger partial charge < -0.3 is 14.1 Å². The Morgan fingerprint density at radius 2 is 2.04 bits per heavy atom. The summed E-state index contributed by atoms with van der Waals surface area (Å²) in [5.41, 5.74) is 2.43. The van der Waals surface area contributed by atoms with E-state index in [4.69, 9.17) is 9.15 Å². The third-order valence-corrected chi connectivity index (χ3v) is 4.06. The third kappa shape index (κ3) is 3.28. The molecule has 1 aliphatic heterocycles. The number of aromatic nitrogens is 2. The molecule has 0 atom stereocenters. The molecule has 7 heteroatoms. The Morgan fingerprint density at radius 3 is 2.70 bits per heavy atom. The molecule has 0 N–H and O–H groups in total. The molecule has 0 fully saturated rings. The molecule has 1 amide bonds. The number of amides is 1. The summed E-state index contributed by atoms with van der Waals surface area (Å²) >= 11 is 0. The van der Waals surface area contributed by atoms with Crippen molar-refractivity contribution in [1.82, 2.24) is 14.7 Å². The van der Waals surface area contributed by atoms with Crippen LogP contribution in [0.25, 0.3) is 0 Å². The number of carbonyl (C=O) groups is 1. The quantitative estimate of drug-likeness (QED) is 0.836. The van der Waals surface area contributed by atoms with Crippen molar-refractivity contribution in [2.75, 3.05) is 20.2 Å². The highest BCUT2D eigenvalue weighted by atomic mass is 16.5. The molecule has 122 valence electrons. The SMILES string of the molecule is COc1ccc2c(c1)CCN(C(=O)Cn1nc(C)oc1=O)CC2. The minimum absolute atomic E-state index is 0.0875. The van der Waals surface area contributed by atoms with Crippen molar-refractivity contribution in [3.05, 3.63) is 45.8 Å². The molecule has 0 saturated carbocycles. The summed E-state index contributed by atoms with van der Waals surface area (Å²) in [5.74, 6) is 0.366. The first-order valence-electron chi connectivity index (χ1n) is 7.55. The van der Waals surface area contributed by atoms with Gasteiger partial charge in [0.25, 0.3) is 0 Å². The van der Waals surface area contributed by atoms with Crippen molar-refractivity contribution in [2.24, 2.45) is 0 Å². The Morgan fingerprint density at radius 1 is 1.30 bits per heavy atom. The van der Waals surface area contributed by atoms with Crippen molar-refractivity contribution >= 4 is 5.91 Å². The number of carbonyl (C=O) groups excluding carboxylic acids is 1. The van der Waals surface area contributed by atoms with E-state index in [-0.39, 0.29) is 18.3 Å². The van der Waals surface area contributed by atoms with Gasteiger partial charge in [0.15, 0.2) is 0 Å². The fraction of sp³-hybridized carbons (Fsp3) is 0.438. The number of hydrogen-bond donors (Lipinski definition) is 0. The molecule has 1 aliphatic rings. The molecule has 0 aliphatic carbocycles. The van der Waals surface area contributed by atoms with Gasteiger partial charge in [0, 0.05) is 20.0 Å². The Bertz CT molecular complexity index is 778. The zero-order valence-corrected chi connectivity index (χ0v) is 13.2. The second kappa shape index (κ2) is 6.28. The number of fused-ring (bicyclic) bond motifs is 1. The molecule has 1 aromatic carbocycles. The standard InChI is InChI=1S/C16H19N3O4/c1-11-17-19(16(21)23-11)10-15(20)18-7-5-12-3-4-14(22-2)9-13(12)6-8-18/h3-4,9H,5-8,10H2,1-2H3. The molecule has 0 saturated heterocycles. The number of rotatable bonds is 3. The van der Waals surface area contributed by atoms with E-state index < -0.39 is 5.76 Å². The van der Waals surface area contributed by atoms with Gasteiger partial charge in [0.1, 0.15) is 12.3 Å². The Kier molecular flexibility index (Phi) is 4.18. The number of ether oxygens (including phenoxy) is 1. The van der Waals surface area contributed by atoms with Crippen LogP contribution in [0.4, 0.5) is 0 Å². The average Bonchev–Trinajstić information content (AvgIpc) is 2.75. The van der Waals surface area contributed by atoms with E-state index >= 15 is 0 Å². The van der Waals surface area contributed by atoms with Gasteiger partial charge in [-0.25, -0.2) is 4.79 Å². The third-order valence-electron chi connectivity index (χ3n) is 4.06. The maximum atomic E-state index is 12.4. The molecule has 0 radical (unpaired) electrons. The zero-order chi connectivity index (χ0) is 16.4. The van der Waals surface area contributed by atoms with Crippen molar-refractivity contribution in [2.45, 2.75) is 26.3 Å². The van der Waals surface area contributed by atoms with Gasteiger partial charge in [-0.3, -0.25) is 4.79 Å². The normalized spacial score (nSPS) is 14.3. The van der Waals surface area contributed by atoms with Crippen molar-refractivity contribution < 1.29 is 13.9 Å². The van der Waals surface area contributed by atoms with E-state index in [0.717, 1.165) is 23.3 Å². The van der Waals surface area contributed by atoms with Gasteiger partial charge in [-0.05, 0) is 36.1 Å². The minimum atomic E-state index is -0.598. The van der Waals surface area contributed by atoms with Gasteiger partial charge in [-0.1, -0.05) is 6.07 Å². The smallest absolute Gasteiger partial charge is 0.437 e. The Hall–Kier alpha value is -2.57. The zero-order valence-electron chi connectivity index (χ0n) is 13.2. The summed E-state index contributed by atoms with van der Waals surface area (Å²) in [6.45, 7) is 2.74. The maximum absolute atomic E-state index is 12.4. The molecule has 1 aromatic heterocycles. The Balaban J connectivity index is 1.70. The number of benzene rings is 1. The summed E-state index contributed by atoms with van der Waals surface area (Å²) in [7, 11) is 1.64. The van der Waals surface area contributed by atoms with E-state index in [0.29, 0.717) is 13.1 Å². The molecule has 7 nitrogen and oxygen atoms in total. The van der Waals surface area contributed by atoms with Gasteiger partial charge in [-0.15, -0.1) is 5.10 Å². The van der Waals surface area contributed by atoms with Crippen LogP contribution in [0.2, 0.25) is 0 Å². The highest BCUT2D eigenvalue weighted by Gasteiger charge is 2.20. The first-order valence-corrected chi connectivity index (χ1v) is 7.55. The van der Waals surface area contributed by atoms with Crippen LogP contribution < -0.4 is 10.5 Å². The van der Waals surface area contributed by atoms with Crippen molar-refractivity contribution in [1.29, 1.82) is 0 Å². The lowest BCUT2D eigenvalue weighted by molar-refractivity contribution is -0.132. The Labute approximate surface area is 133 Å². The highest BCUT2D eigenvalue weighted by molar-refractivity contribution is 5.76. The highest BCUT2D eigenvalue weighted by Crippen LogP contribution is 2.21. The summed E-state index contributed by atoms with van der Waals surface area (Å²) in [4.78, 5) is 25.7. The van der Waals surface area contributed by atoms with Crippen LogP contribution >= 0.6 is 0 Å². The van der Waals surface area contributed by atoms with Gasteiger partial charge >= 0.3 is 5.76 Å². The predicted molar refractivity (Wildman–Crippen MR) is 82.5 cm³/mol. The second-order valence-electron chi connectivity index (χ2n) is 5.56. The summed E-state index contributed by atoms with van der Waals surface area (Å²) in [6.07, 6.45) is 1.56. The van der Waals surface area contributed by atoms with E-state index in [1.807, 2.05) is 18.2 Å². The number of methoxy groups -OCH3 is 1. The lowest BCUT2D eigenvalue weighted by Crippen LogP contribution is -2.37. The molecule has 23 heavy (non-hydrogen) atoms. The second-order valence-corrected chi connectivity index (χ2v) is 5.56. The summed E-state index contributed by atoms with van der Waals surface area (Å²) < 4.78 is 11.1. The predicted octanol–water partition coefficient (Wildman–Crippen LogP) is 0.781. The first-order chi connectivity index (χ1) is 11.1. The van der Waals surface area contributed by atoms with E-state index in [9.17, 15) is 9.59 Å². The van der Waals surface area contributed by atoms with Crippen LogP contribution in [0.1, 0.15) is 17.0 Å². The van der Waals surface area contributed by atoms with Crippen LogP contribution in [-0.4, -0.2) is 40.8 Å². The molecule has 0 bridgehead atoms. The van der Waals surface area contributed by atoms with Gasteiger partial charge in [0.05, 0.1) is 7.11 Å². The lowest BCUT2D eigenvalue weighted by Gasteiger charge is -2.19. The van der Waals surface area contributed by atoms with Crippen molar-refractivity contribution in [3.63, 3.8) is 0 Å². The van der Waals surface area contributed by atoms with E-state index in [2.05, 4.69) is 5.10 Å². The lowest BCUT2D eigenvalue weighted by atomic mass is 10.0. The van der Waals surface area contributed by atoms with Crippen LogP contribution in [0.3, 0.4) is 0 Å². The molecule has 2 heterocycles. The molecule has 2 aromatic rings. The van der Waals surface area contributed by atoms with E-state index in [1.165, 1.54) is 11.1 Å². The van der Waals surface area contributed by atoms with Crippen molar-refractivity contribution in [3.8, 4) is 5.75 Å². The van der Waals surface area contributed by atoms with Crippen LogP contribution in [0.5, 0.6) is 5.75 Å². The van der Waals surface area contributed by atoms with Gasteiger partial charge in [0.2, 0.25) is 11.8 Å². The topological polar surface area (TPSA) is 77.6 Å². The molecular formula is C16H19N3O4. The van der Waals surface area contributed by atoms with Crippen LogP contribution in [-0.2, 0) is 24.2 Å². The molecule has 0 unspecified atom stereocenters. The maximum Gasteiger partial charge on any atom is 0.437 e. The molecular weight excluding hydrogens is 298 g/mol. The molecule has 0 spiro atoms. The average molecular weight is 317 g/mol. The minimum Gasteiger partial charge on any atom is -0.497 e. The fourth-order valence-corrected chi connectivity index (χ4v) is 2.82. The summed E-state index contributed by atoms with van der Waals surface area (Å²) in [6, 6.07) is 6.01. The van der Waals surface area contributed by atoms with Crippen LogP contribution in [0.15, 0.2) is 27.4 Å². The fourth-order valence-electron chi connectivity index (χ4n) is 2.82.